The van der Waals surface area contributed by atoms with E-state index in [1.54, 1.807) is 42.5 Å². The summed E-state index contributed by atoms with van der Waals surface area (Å²) in [6.45, 7) is 3.26. The molecule has 1 saturated heterocycles. The number of nitrogens with one attached hydrogen (secondary N) is 1. The summed E-state index contributed by atoms with van der Waals surface area (Å²) in [5.41, 5.74) is 3.60. The van der Waals surface area contributed by atoms with Crippen molar-refractivity contribution >= 4 is 73.9 Å². The molecule has 0 unspecified atom stereocenters. The number of hydrogen-bond acceptors (Lipinski definition) is 7. The Labute approximate surface area is 248 Å². The minimum absolute atomic E-state index is 0.171. The molecular weight excluding hydrogens is 620 g/mol. The van der Waals surface area contributed by atoms with Gasteiger partial charge in [0.25, 0.3) is 17.1 Å². The number of carbonyl (C=O) groups excluding carboxylic acids is 4. The number of carbonyl (C=O) groups is 4. The van der Waals surface area contributed by atoms with E-state index in [4.69, 9.17) is 21.1 Å². The molecule has 0 aliphatic carbocycles. The normalized spacial score (nSPS) is 14.0. The lowest BCUT2D eigenvalue weighted by Gasteiger charge is -2.14. The molecular formula is C29H24BrClN2O6S. The number of anilines is 1. The Kier molecular flexibility index (Phi) is 9.34. The summed E-state index contributed by atoms with van der Waals surface area (Å²) in [5.74, 6) is -0.600. The van der Waals surface area contributed by atoms with E-state index in [2.05, 4.69) is 21.2 Å². The number of ketones is 1. The number of amides is 3. The van der Waals surface area contributed by atoms with Crippen molar-refractivity contribution in [3.8, 4) is 11.5 Å². The third-order valence-electron chi connectivity index (χ3n) is 6.18. The van der Waals surface area contributed by atoms with Gasteiger partial charge in [-0.15, -0.1) is 0 Å². The SMILES string of the molecule is COc1cc(/C=C2/SC(=O)N(CC(=O)c3ccc(Cl)cc3)C2=O)ccc1OCC(=O)Nc1ccc(Br)c(C)c1C. The fraction of sp³-hybridized carbons (Fsp3) is 0.172. The average Bonchev–Trinajstić information content (AvgIpc) is 3.20. The van der Waals surface area contributed by atoms with E-state index in [0.29, 0.717) is 33.3 Å². The average molecular weight is 644 g/mol. The molecule has 0 aromatic heterocycles. The first-order chi connectivity index (χ1) is 19.1. The number of rotatable bonds is 9. The van der Waals surface area contributed by atoms with Crippen molar-refractivity contribution in [1.82, 2.24) is 4.90 Å². The molecule has 1 fully saturated rings. The highest BCUT2D eigenvalue weighted by Crippen LogP contribution is 2.35. The van der Waals surface area contributed by atoms with Crippen LogP contribution in [-0.4, -0.2) is 48.0 Å². The third-order valence-corrected chi connectivity index (χ3v) is 8.20. The zero-order valence-corrected chi connectivity index (χ0v) is 24.9. The summed E-state index contributed by atoms with van der Waals surface area (Å²) < 4.78 is 12.1. The lowest BCUT2D eigenvalue weighted by Crippen LogP contribution is -2.33. The molecule has 0 radical (unpaired) electrons. The summed E-state index contributed by atoms with van der Waals surface area (Å²) in [6, 6.07) is 14.8. The second-order valence-corrected chi connectivity index (χ2v) is 11.1. The van der Waals surface area contributed by atoms with E-state index in [-0.39, 0.29) is 29.7 Å². The molecule has 3 aromatic rings. The number of hydrogen-bond donors (Lipinski definition) is 1. The highest BCUT2D eigenvalue weighted by Gasteiger charge is 2.36. The van der Waals surface area contributed by atoms with Crippen molar-refractivity contribution in [2.75, 3.05) is 25.6 Å². The first-order valence-corrected chi connectivity index (χ1v) is 14.0. The monoisotopic (exact) mass is 642 g/mol. The van der Waals surface area contributed by atoms with E-state index >= 15 is 0 Å². The Hall–Kier alpha value is -3.60. The van der Waals surface area contributed by atoms with Crippen LogP contribution < -0.4 is 14.8 Å². The molecule has 3 aromatic carbocycles. The molecule has 0 atom stereocenters. The zero-order valence-electron chi connectivity index (χ0n) is 21.7. The molecule has 0 spiro atoms. The van der Waals surface area contributed by atoms with Crippen molar-refractivity contribution < 1.29 is 28.7 Å². The van der Waals surface area contributed by atoms with E-state index in [0.717, 1.165) is 32.3 Å². The smallest absolute Gasteiger partial charge is 0.293 e. The lowest BCUT2D eigenvalue weighted by atomic mass is 10.1. The largest absolute Gasteiger partial charge is 0.493 e. The Bertz CT molecular complexity index is 1540. The van der Waals surface area contributed by atoms with Gasteiger partial charge in [0.15, 0.2) is 23.9 Å². The van der Waals surface area contributed by atoms with Crippen LogP contribution >= 0.6 is 39.3 Å². The quantitative estimate of drug-likeness (QED) is 0.205. The standard InChI is InChI=1S/C29H24BrClN2O6S/c1-16-17(2)22(10-9-21(16)30)32-27(35)15-39-24-11-4-18(12-25(24)38-3)13-26-28(36)33(29(37)40-26)14-23(34)19-5-7-20(31)8-6-19/h4-13H,14-15H2,1-3H3,(H,32,35)/b26-13+. The lowest BCUT2D eigenvalue weighted by molar-refractivity contribution is -0.122. The van der Waals surface area contributed by atoms with Crippen LogP contribution in [0.2, 0.25) is 5.02 Å². The van der Waals surface area contributed by atoms with Gasteiger partial charge in [-0.2, -0.15) is 0 Å². The first-order valence-electron chi connectivity index (χ1n) is 12.0. The second-order valence-electron chi connectivity index (χ2n) is 8.79. The Morgan fingerprint density at radius 1 is 1.02 bits per heavy atom. The second kappa shape index (κ2) is 12.7. The maximum absolute atomic E-state index is 12.9. The fourth-order valence-electron chi connectivity index (χ4n) is 3.80. The molecule has 1 aliphatic rings. The van der Waals surface area contributed by atoms with Gasteiger partial charge in [0.1, 0.15) is 0 Å². The predicted molar refractivity (Wildman–Crippen MR) is 159 cm³/mol. The highest BCUT2D eigenvalue weighted by molar-refractivity contribution is 9.10. The molecule has 3 amide bonds. The maximum Gasteiger partial charge on any atom is 0.293 e. The van der Waals surface area contributed by atoms with Crippen LogP contribution in [0.3, 0.4) is 0 Å². The molecule has 206 valence electrons. The van der Waals surface area contributed by atoms with E-state index < -0.39 is 11.1 Å². The maximum atomic E-state index is 12.9. The number of methoxy groups -OCH3 is 1. The minimum atomic E-state index is -0.563. The molecule has 1 N–H and O–H groups in total. The van der Waals surface area contributed by atoms with Crippen LogP contribution in [0.25, 0.3) is 6.08 Å². The Morgan fingerprint density at radius 2 is 1.75 bits per heavy atom. The van der Waals surface area contributed by atoms with Gasteiger partial charge in [-0.25, -0.2) is 0 Å². The molecule has 4 rings (SSSR count). The third kappa shape index (κ3) is 6.75. The number of halogens is 2. The summed E-state index contributed by atoms with van der Waals surface area (Å²) in [7, 11) is 1.45. The predicted octanol–water partition coefficient (Wildman–Crippen LogP) is 6.66. The minimum Gasteiger partial charge on any atom is -0.493 e. The van der Waals surface area contributed by atoms with Crippen LogP contribution in [0.15, 0.2) is 64.0 Å². The Morgan fingerprint density at radius 3 is 2.45 bits per heavy atom. The van der Waals surface area contributed by atoms with E-state index in [1.807, 2.05) is 26.0 Å². The highest BCUT2D eigenvalue weighted by atomic mass is 79.9. The van der Waals surface area contributed by atoms with Gasteiger partial charge >= 0.3 is 0 Å². The topological polar surface area (TPSA) is 102 Å². The van der Waals surface area contributed by atoms with Crippen LogP contribution in [0.1, 0.15) is 27.0 Å². The van der Waals surface area contributed by atoms with Gasteiger partial charge in [-0.05, 0) is 96.9 Å². The van der Waals surface area contributed by atoms with Crippen LogP contribution in [0.5, 0.6) is 11.5 Å². The van der Waals surface area contributed by atoms with E-state index in [1.165, 1.54) is 13.2 Å². The number of benzene rings is 3. The number of thioether (sulfide) groups is 1. The van der Waals surface area contributed by atoms with Crippen molar-refractivity contribution in [3.05, 3.63) is 91.3 Å². The summed E-state index contributed by atoms with van der Waals surface area (Å²) >= 11 is 10.1. The Balaban J connectivity index is 1.41. The van der Waals surface area contributed by atoms with Gasteiger partial charge in [0.2, 0.25) is 0 Å². The van der Waals surface area contributed by atoms with Gasteiger partial charge in [0.05, 0.1) is 18.6 Å². The van der Waals surface area contributed by atoms with Gasteiger partial charge < -0.3 is 14.8 Å². The first kappa shape index (κ1) is 29.4. The fourth-order valence-corrected chi connectivity index (χ4v) is 5.20. The van der Waals surface area contributed by atoms with Crippen molar-refractivity contribution in [2.24, 2.45) is 0 Å². The zero-order chi connectivity index (χ0) is 29.0. The van der Waals surface area contributed by atoms with Gasteiger partial charge in [0, 0.05) is 20.7 Å². The van der Waals surface area contributed by atoms with Gasteiger partial charge in [-0.3, -0.25) is 24.1 Å². The molecule has 0 bridgehead atoms. The number of imide groups is 1. The van der Waals surface area contributed by atoms with Crippen molar-refractivity contribution in [1.29, 1.82) is 0 Å². The van der Waals surface area contributed by atoms with E-state index in [9.17, 15) is 19.2 Å². The number of ether oxygens (including phenoxy) is 2. The summed E-state index contributed by atoms with van der Waals surface area (Å²) in [4.78, 5) is 51.5. The number of Topliss-reactive ketones (excluding diaryl/α,β-unsaturated/α-hetero) is 1. The van der Waals surface area contributed by atoms with Crippen molar-refractivity contribution in [2.45, 2.75) is 13.8 Å². The molecule has 1 aliphatic heterocycles. The molecule has 40 heavy (non-hydrogen) atoms. The van der Waals surface area contributed by atoms with Gasteiger partial charge in [-0.1, -0.05) is 33.6 Å². The van der Waals surface area contributed by atoms with Crippen LogP contribution in [-0.2, 0) is 9.59 Å². The molecule has 1 heterocycles. The molecule has 8 nitrogen and oxygen atoms in total. The number of nitrogens with zero attached hydrogens (tertiary/aromatic N) is 1. The molecule has 11 heteroatoms. The van der Waals surface area contributed by atoms with Crippen LogP contribution in [0.4, 0.5) is 10.5 Å². The summed E-state index contributed by atoms with van der Waals surface area (Å²) in [6.07, 6.45) is 1.54. The summed E-state index contributed by atoms with van der Waals surface area (Å²) in [5, 5.41) is 2.79. The van der Waals surface area contributed by atoms with Crippen molar-refractivity contribution in [3.63, 3.8) is 0 Å². The molecule has 0 saturated carbocycles. The van der Waals surface area contributed by atoms with Crippen LogP contribution in [0, 0.1) is 13.8 Å².